The number of aryl methyl sites for hydroxylation is 1. The number of nitrogens with zero attached hydrogens (tertiary/aromatic N) is 1. The lowest BCUT2D eigenvalue weighted by Crippen LogP contribution is -2.44. The highest BCUT2D eigenvalue weighted by Gasteiger charge is 2.28. The lowest BCUT2D eigenvalue weighted by Gasteiger charge is -2.34. The van der Waals surface area contributed by atoms with E-state index in [0.717, 1.165) is 18.5 Å². The highest BCUT2D eigenvalue weighted by Crippen LogP contribution is 2.36. The van der Waals surface area contributed by atoms with E-state index >= 15 is 0 Å². The molecule has 1 unspecified atom stereocenters. The van der Waals surface area contributed by atoms with Gasteiger partial charge in [0.2, 0.25) is 0 Å². The van der Waals surface area contributed by atoms with Gasteiger partial charge in [-0.3, -0.25) is 4.90 Å². The molecule has 2 aliphatic rings. The molecule has 1 N–H and O–H groups in total. The zero-order valence-corrected chi connectivity index (χ0v) is 15.0. The molecule has 1 atom stereocenters. The second-order valence-electron chi connectivity index (χ2n) is 6.73. The van der Waals surface area contributed by atoms with Crippen molar-refractivity contribution in [3.63, 3.8) is 0 Å². The van der Waals surface area contributed by atoms with Crippen LogP contribution in [-0.4, -0.2) is 18.7 Å². The fourth-order valence-electron chi connectivity index (χ4n) is 3.68. The lowest BCUT2D eigenvalue weighted by atomic mass is 9.90. The summed E-state index contributed by atoms with van der Waals surface area (Å²) in [5.74, 6) is 0.688. The number of carbonyl (C=O) groups is 1. The number of hydrogen-bond donors (Lipinski definition) is 1. The highest BCUT2D eigenvalue weighted by atomic mass is 35.5. The van der Waals surface area contributed by atoms with E-state index in [1.54, 1.807) is 17.0 Å². The number of ether oxygens (including phenoxy) is 1. The van der Waals surface area contributed by atoms with Gasteiger partial charge in [-0.15, -0.1) is 0 Å². The monoisotopic (exact) mass is 356 g/mol. The standard InChI is InChI=1S/C20H21ClN2O2/c1-13-12-23(18-11-15(21)9-10-19(18)25-13)20(24)22-17-8-4-6-14-5-2-3-7-16(14)17/h4,6,8-11,13H,2-3,5,7,12H2,1H3,(H,22,24). The van der Waals surface area contributed by atoms with Gasteiger partial charge in [-0.25, -0.2) is 4.79 Å². The number of amides is 2. The first-order valence-electron chi connectivity index (χ1n) is 8.77. The van der Waals surface area contributed by atoms with Gasteiger partial charge in [-0.05, 0) is 68.0 Å². The van der Waals surface area contributed by atoms with Gasteiger partial charge in [-0.1, -0.05) is 23.7 Å². The Hall–Kier alpha value is -2.20. The van der Waals surface area contributed by atoms with E-state index in [1.807, 2.05) is 25.1 Å². The maximum Gasteiger partial charge on any atom is 0.326 e. The number of benzene rings is 2. The second kappa shape index (κ2) is 6.60. The third-order valence-electron chi connectivity index (χ3n) is 4.86. The van der Waals surface area contributed by atoms with Gasteiger partial charge in [0.05, 0.1) is 12.2 Å². The molecule has 25 heavy (non-hydrogen) atoms. The summed E-state index contributed by atoms with van der Waals surface area (Å²) in [4.78, 5) is 14.7. The number of rotatable bonds is 1. The zero-order chi connectivity index (χ0) is 17.4. The molecule has 0 saturated heterocycles. The number of anilines is 2. The van der Waals surface area contributed by atoms with E-state index < -0.39 is 0 Å². The third kappa shape index (κ3) is 3.19. The summed E-state index contributed by atoms with van der Waals surface area (Å²) < 4.78 is 5.83. The predicted molar refractivity (Wildman–Crippen MR) is 101 cm³/mol. The van der Waals surface area contributed by atoms with Crippen molar-refractivity contribution in [3.8, 4) is 5.75 Å². The van der Waals surface area contributed by atoms with E-state index in [9.17, 15) is 4.79 Å². The Morgan fingerprint density at radius 2 is 2.08 bits per heavy atom. The topological polar surface area (TPSA) is 41.6 Å². The normalized spacial score (nSPS) is 18.8. The largest absolute Gasteiger partial charge is 0.487 e. The molecular formula is C20H21ClN2O2. The van der Waals surface area contributed by atoms with Crippen molar-refractivity contribution in [1.82, 2.24) is 0 Å². The predicted octanol–water partition coefficient (Wildman–Crippen LogP) is 5.04. The molecule has 1 heterocycles. The van der Waals surface area contributed by atoms with Crippen LogP contribution < -0.4 is 15.0 Å². The molecule has 5 heteroatoms. The van der Waals surface area contributed by atoms with E-state index in [2.05, 4.69) is 11.4 Å². The SMILES string of the molecule is CC1CN(C(=O)Nc2cccc3c2CCCC3)c2cc(Cl)ccc2O1. The minimum atomic E-state index is -0.141. The van der Waals surface area contributed by atoms with Crippen molar-refractivity contribution in [2.24, 2.45) is 0 Å². The van der Waals surface area contributed by atoms with Gasteiger partial charge < -0.3 is 10.1 Å². The maximum absolute atomic E-state index is 13.0. The summed E-state index contributed by atoms with van der Waals surface area (Å²) in [6, 6.07) is 11.4. The van der Waals surface area contributed by atoms with Gasteiger partial charge >= 0.3 is 6.03 Å². The zero-order valence-electron chi connectivity index (χ0n) is 14.2. The minimum Gasteiger partial charge on any atom is -0.487 e. The quantitative estimate of drug-likeness (QED) is 0.777. The van der Waals surface area contributed by atoms with Crippen LogP contribution in [0, 0.1) is 0 Å². The fraction of sp³-hybridized carbons (Fsp3) is 0.350. The Kier molecular flexibility index (Phi) is 4.30. The molecule has 0 aromatic heterocycles. The van der Waals surface area contributed by atoms with Crippen LogP contribution in [0.5, 0.6) is 5.75 Å². The number of carbonyl (C=O) groups excluding carboxylic acids is 1. The first kappa shape index (κ1) is 16.3. The first-order valence-corrected chi connectivity index (χ1v) is 9.15. The summed E-state index contributed by atoms with van der Waals surface area (Å²) in [7, 11) is 0. The van der Waals surface area contributed by atoms with Crippen LogP contribution in [-0.2, 0) is 12.8 Å². The van der Waals surface area contributed by atoms with Crippen molar-refractivity contribution in [3.05, 3.63) is 52.5 Å². The van der Waals surface area contributed by atoms with Gasteiger partial charge in [0.15, 0.2) is 0 Å². The average Bonchev–Trinajstić information content (AvgIpc) is 2.61. The van der Waals surface area contributed by atoms with Gasteiger partial charge in [0, 0.05) is 10.7 Å². The molecule has 0 fully saturated rings. The van der Waals surface area contributed by atoms with Crippen LogP contribution in [0.1, 0.15) is 30.9 Å². The molecule has 130 valence electrons. The fourth-order valence-corrected chi connectivity index (χ4v) is 3.85. The van der Waals surface area contributed by atoms with Gasteiger partial charge in [0.25, 0.3) is 0 Å². The van der Waals surface area contributed by atoms with Crippen LogP contribution >= 0.6 is 11.6 Å². The number of nitrogens with one attached hydrogen (secondary N) is 1. The molecule has 2 amide bonds. The molecule has 1 aliphatic carbocycles. The molecule has 0 radical (unpaired) electrons. The Morgan fingerprint density at radius 1 is 1.24 bits per heavy atom. The van der Waals surface area contributed by atoms with Gasteiger partial charge in [0.1, 0.15) is 11.9 Å². The summed E-state index contributed by atoms with van der Waals surface area (Å²) in [5.41, 5.74) is 4.26. The molecule has 4 rings (SSSR count). The lowest BCUT2D eigenvalue weighted by molar-refractivity contribution is 0.208. The van der Waals surface area contributed by atoms with Crippen LogP contribution in [0.25, 0.3) is 0 Å². The molecule has 2 aromatic rings. The number of hydrogen-bond acceptors (Lipinski definition) is 2. The van der Waals surface area contributed by atoms with Crippen LogP contribution in [0.4, 0.5) is 16.2 Å². The second-order valence-corrected chi connectivity index (χ2v) is 7.17. The molecular weight excluding hydrogens is 336 g/mol. The third-order valence-corrected chi connectivity index (χ3v) is 5.10. The Morgan fingerprint density at radius 3 is 2.96 bits per heavy atom. The van der Waals surface area contributed by atoms with E-state index in [1.165, 1.54) is 24.0 Å². The van der Waals surface area contributed by atoms with Crippen molar-refractivity contribution in [2.45, 2.75) is 38.7 Å². The number of urea groups is 1. The highest BCUT2D eigenvalue weighted by molar-refractivity contribution is 6.31. The average molecular weight is 357 g/mol. The molecule has 4 nitrogen and oxygen atoms in total. The summed E-state index contributed by atoms with van der Waals surface area (Å²) in [5, 5.41) is 3.70. The minimum absolute atomic E-state index is 0.0656. The van der Waals surface area contributed by atoms with Gasteiger partial charge in [-0.2, -0.15) is 0 Å². The van der Waals surface area contributed by atoms with Crippen LogP contribution in [0.3, 0.4) is 0 Å². The number of fused-ring (bicyclic) bond motifs is 2. The Labute approximate surface area is 152 Å². The Bertz CT molecular complexity index is 821. The Balaban J connectivity index is 1.63. The molecule has 0 saturated carbocycles. The van der Waals surface area contributed by atoms with E-state index in [0.29, 0.717) is 23.0 Å². The van der Waals surface area contributed by atoms with Crippen molar-refractivity contribution < 1.29 is 9.53 Å². The van der Waals surface area contributed by atoms with Crippen LogP contribution in [0.2, 0.25) is 5.02 Å². The molecule has 2 aromatic carbocycles. The summed E-state index contributed by atoms with van der Waals surface area (Å²) >= 11 is 6.12. The van der Waals surface area contributed by atoms with E-state index in [-0.39, 0.29) is 12.1 Å². The molecule has 1 aliphatic heterocycles. The van der Waals surface area contributed by atoms with Crippen LogP contribution in [0.15, 0.2) is 36.4 Å². The van der Waals surface area contributed by atoms with Crippen molar-refractivity contribution in [2.75, 3.05) is 16.8 Å². The van der Waals surface area contributed by atoms with E-state index in [4.69, 9.17) is 16.3 Å². The smallest absolute Gasteiger partial charge is 0.326 e. The summed E-state index contributed by atoms with van der Waals surface area (Å²) in [6.07, 6.45) is 4.44. The number of halogens is 1. The van der Waals surface area contributed by atoms with Crippen molar-refractivity contribution >= 4 is 29.0 Å². The molecule has 0 bridgehead atoms. The maximum atomic E-state index is 13.0. The molecule has 0 spiro atoms. The summed E-state index contributed by atoms with van der Waals surface area (Å²) in [6.45, 7) is 2.45. The van der Waals surface area contributed by atoms with Crippen molar-refractivity contribution in [1.29, 1.82) is 0 Å². The first-order chi connectivity index (χ1) is 12.1.